The maximum atomic E-state index is 12.9. The number of hydrogen-bond acceptors (Lipinski definition) is 5. The molecule has 2 N–H and O–H groups in total. The number of methoxy groups -OCH3 is 3. The third kappa shape index (κ3) is 5.54. The van der Waals surface area contributed by atoms with Gasteiger partial charge in [-0.2, -0.15) is 0 Å². The number of hydrogen-bond donors (Lipinski definition) is 2. The highest BCUT2D eigenvalue weighted by molar-refractivity contribution is 6.32. The standard InChI is InChI=1S/C21H25ClN2O5/c1-12(2)19(24-20(25)13-6-8-14(27-3)9-7-13)21(26)23-16-11-17(28-4)15(22)10-18(16)29-5/h6-12,19H,1-5H3,(H,23,26)(H,24,25). The summed E-state index contributed by atoms with van der Waals surface area (Å²) in [5.41, 5.74) is 0.818. The Labute approximate surface area is 175 Å². The molecule has 1 atom stereocenters. The van der Waals surface area contributed by atoms with E-state index in [2.05, 4.69) is 10.6 Å². The molecule has 7 nitrogen and oxygen atoms in total. The summed E-state index contributed by atoms with van der Waals surface area (Å²) in [6.45, 7) is 3.69. The van der Waals surface area contributed by atoms with Crippen LogP contribution in [0.1, 0.15) is 24.2 Å². The predicted molar refractivity (Wildman–Crippen MR) is 112 cm³/mol. The van der Waals surface area contributed by atoms with E-state index in [0.29, 0.717) is 33.5 Å². The average molecular weight is 421 g/mol. The summed E-state index contributed by atoms with van der Waals surface area (Å²) >= 11 is 6.10. The lowest BCUT2D eigenvalue weighted by Gasteiger charge is -2.22. The third-order valence-corrected chi connectivity index (χ3v) is 4.62. The monoisotopic (exact) mass is 420 g/mol. The third-order valence-electron chi connectivity index (χ3n) is 4.32. The van der Waals surface area contributed by atoms with Gasteiger partial charge in [0, 0.05) is 17.7 Å². The highest BCUT2D eigenvalue weighted by atomic mass is 35.5. The minimum atomic E-state index is -0.768. The molecule has 8 heteroatoms. The first-order valence-corrected chi connectivity index (χ1v) is 9.35. The Balaban J connectivity index is 2.20. The molecule has 0 aromatic heterocycles. The van der Waals surface area contributed by atoms with E-state index >= 15 is 0 Å². The SMILES string of the molecule is COc1ccc(C(=O)NC(C(=O)Nc2cc(OC)c(Cl)cc2OC)C(C)C)cc1. The van der Waals surface area contributed by atoms with Crippen molar-refractivity contribution in [3.63, 3.8) is 0 Å². The molecular formula is C21H25ClN2O5. The molecule has 2 aromatic rings. The first kappa shape index (κ1) is 22.4. The van der Waals surface area contributed by atoms with Crippen LogP contribution >= 0.6 is 11.6 Å². The first-order chi connectivity index (χ1) is 13.8. The predicted octanol–water partition coefficient (Wildman–Crippen LogP) is 3.76. The van der Waals surface area contributed by atoms with Gasteiger partial charge in [0.2, 0.25) is 5.91 Å². The lowest BCUT2D eigenvalue weighted by molar-refractivity contribution is -0.118. The molecule has 0 bridgehead atoms. The van der Waals surface area contributed by atoms with E-state index < -0.39 is 6.04 Å². The maximum absolute atomic E-state index is 12.9. The lowest BCUT2D eigenvalue weighted by atomic mass is 10.0. The molecule has 1 unspecified atom stereocenters. The lowest BCUT2D eigenvalue weighted by Crippen LogP contribution is -2.47. The molecule has 29 heavy (non-hydrogen) atoms. The van der Waals surface area contributed by atoms with E-state index in [1.807, 2.05) is 13.8 Å². The van der Waals surface area contributed by atoms with E-state index in [-0.39, 0.29) is 17.7 Å². The van der Waals surface area contributed by atoms with Crippen LogP contribution in [0.15, 0.2) is 36.4 Å². The maximum Gasteiger partial charge on any atom is 0.251 e. The number of nitrogens with one attached hydrogen (secondary N) is 2. The van der Waals surface area contributed by atoms with E-state index in [1.165, 1.54) is 14.2 Å². The number of rotatable bonds is 8. The molecule has 0 spiro atoms. The van der Waals surface area contributed by atoms with Gasteiger partial charge < -0.3 is 24.8 Å². The van der Waals surface area contributed by atoms with E-state index in [4.69, 9.17) is 25.8 Å². The molecule has 0 fully saturated rings. The molecule has 0 aliphatic heterocycles. The van der Waals surface area contributed by atoms with Crippen molar-refractivity contribution in [2.75, 3.05) is 26.6 Å². The molecule has 2 amide bonds. The van der Waals surface area contributed by atoms with E-state index in [0.717, 1.165) is 0 Å². The molecule has 0 aliphatic carbocycles. The van der Waals surface area contributed by atoms with Crippen molar-refractivity contribution in [2.45, 2.75) is 19.9 Å². The zero-order valence-corrected chi connectivity index (χ0v) is 17.8. The van der Waals surface area contributed by atoms with Gasteiger partial charge in [-0.15, -0.1) is 0 Å². The quantitative estimate of drug-likeness (QED) is 0.679. The minimum Gasteiger partial charge on any atom is -0.497 e. The van der Waals surface area contributed by atoms with E-state index in [1.54, 1.807) is 43.5 Å². The summed E-state index contributed by atoms with van der Waals surface area (Å²) in [4.78, 5) is 25.5. The first-order valence-electron chi connectivity index (χ1n) is 8.98. The second-order valence-corrected chi connectivity index (χ2v) is 7.01. The Hall–Kier alpha value is -2.93. The molecule has 0 aliphatic rings. The Morgan fingerprint density at radius 1 is 0.931 bits per heavy atom. The summed E-state index contributed by atoms with van der Waals surface area (Å²) in [5.74, 6) is 0.520. The summed E-state index contributed by atoms with van der Waals surface area (Å²) in [7, 11) is 4.50. The summed E-state index contributed by atoms with van der Waals surface area (Å²) in [5, 5.41) is 5.92. The Morgan fingerprint density at radius 2 is 1.55 bits per heavy atom. The molecule has 2 rings (SSSR count). The van der Waals surface area contributed by atoms with E-state index in [9.17, 15) is 9.59 Å². The number of ether oxygens (including phenoxy) is 3. The van der Waals surface area contributed by atoms with Crippen LogP contribution in [0, 0.1) is 5.92 Å². The molecule has 0 saturated carbocycles. The highest BCUT2D eigenvalue weighted by Gasteiger charge is 2.26. The average Bonchev–Trinajstić information content (AvgIpc) is 2.72. The highest BCUT2D eigenvalue weighted by Crippen LogP contribution is 2.36. The van der Waals surface area contributed by atoms with Gasteiger partial charge >= 0.3 is 0 Å². The topological polar surface area (TPSA) is 85.9 Å². The second-order valence-electron chi connectivity index (χ2n) is 6.60. The number of carbonyl (C=O) groups excluding carboxylic acids is 2. The summed E-state index contributed by atoms with van der Waals surface area (Å²) in [6.07, 6.45) is 0. The summed E-state index contributed by atoms with van der Waals surface area (Å²) in [6, 6.07) is 9.00. The number of benzene rings is 2. The van der Waals surface area contributed by atoms with Gasteiger partial charge in [0.25, 0.3) is 5.91 Å². The molecular weight excluding hydrogens is 396 g/mol. The Bertz CT molecular complexity index is 868. The van der Waals surface area contributed by atoms with Gasteiger partial charge in [-0.3, -0.25) is 9.59 Å². The molecule has 156 valence electrons. The van der Waals surface area contributed by atoms with Gasteiger partial charge in [0.1, 0.15) is 23.3 Å². The molecule has 0 heterocycles. The second kappa shape index (κ2) is 10.0. The van der Waals surface area contributed by atoms with Crippen molar-refractivity contribution in [1.82, 2.24) is 5.32 Å². The van der Waals surface area contributed by atoms with Gasteiger partial charge in [0.05, 0.1) is 32.0 Å². The molecule has 0 saturated heterocycles. The van der Waals surface area contributed by atoms with Gasteiger partial charge in [0.15, 0.2) is 0 Å². The minimum absolute atomic E-state index is 0.155. The largest absolute Gasteiger partial charge is 0.497 e. The van der Waals surface area contributed by atoms with Crippen LogP contribution in [-0.4, -0.2) is 39.2 Å². The fraction of sp³-hybridized carbons (Fsp3) is 0.333. The molecule has 2 aromatic carbocycles. The fourth-order valence-corrected chi connectivity index (χ4v) is 2.90. The van der Waals surface area contributed by atoms with Crippen molar-refractivity contribution in [3.05, 3.63) is 47.0 Å². The smallest absolute Gasteiger partial charge is 0.251 e. The van der Waals surface area contributed by atoms with Crippen LogP contribution in [0.3, 0.4) is 0 Å². The van der Waals surface area contributed by atoms with Gasteiger partial charge in [-0.25, -0.2) is 0 Å². The molecule has 0 radical (unpaired) electrons. The Kier molecular flexibility index (Phi) is 7.73. The van der Waals surface area contributed by atoms with Crippen molar-refractivity contribution >= 4 is 29.1 Å². The van der Waals surface area contributed by atoms with Gasteiger partial charge in [-0.05, 0) is 30.2 Å². The fourth-order valence-electron chi connectivity index (χ4n) is 2.67. The van der Waals surface area contributed by atoms with Crippen molar-refractivity contribution in [1.29, 1.82) is 0 Å². The van der Waals surface area contributed by atoms with Crippen molar-refractivity contribution < 1.29 is 23.8 Å². The van der Waals surface area contributed by atoms with Gasteiger partial charge in [-0.1, -0.05) is 25.4 Å². The number of halogens is 1. The summed E-state index contributed by atoms with van der Waals surface area (Å²) < 4.78 is 15.6. The zero-order chi connectivity index (χ0) is 21.6. The zero-order valence-electron chi connectivity index (χ0n) is 17.0. The van der Waals surface area contributed by atoms with Crippen LogP contribution in [0.4, 0.5) is 5.69 Å². The van der Waals surface area contributed by atoms with Crippen LogP contribution in [0.25, 0.3) is 0 Å². The normalized spacial score (nSPS) is 11.6. The number of carbonyl (C=O) groups is 2. The van der Waals surface area contributed by atoms with Crippen LogP contribution in [-0.2, 0) is 4.79 Å². The van der Waals surface area contributed by atoms with Crippen molar-refractivity contribution in [2.24, 2.45) is 5.92 Å². The Morgan fingerprint density at radius 3 is 2.07 bits per heavy atom. The number of amides is 2. The van der Waals surface area contributed by atoms with Crippen LogP contribution in [0.2, 0.25) is 5.02 Å². The van der Waals surface area contributed by atoms with Crippen LogP contribution < -0.4 is 24.8 Å². The van der Waals surface area contributed by atoms with Crippen molar-refractivity contribution in [3.8, 4) is 17.2 Å². The number of anilines is 1. The van der Waals surface area contributed by atoms with Crippen LogP contribution in [0.5, 0.6) is 17.2 Å².